The lowest BCUT2D eigenvalue weighted by Crippen LogP contribution is -2.06. The van der Waals surface area contributed by atoms with Crippen molar-refractivity contribution in [3.8, 4) is 0 Å². The fraction of sp³-hybridized carbons (Fsp3) is 0.729. The van der Waals surface area contributed by atoms with Crippen molar-refractivity contribution in [2.24, 2.45) is 0 Å². The fourth-order valence-electron chi connectivity index (χ4n) is 6.22. The van der Waals surface area contributed by atoms with Crippen molar-refractivity contribution < 1.29 is 14.3 Å². The van der Waals surface area contributed by atoms with Gasteiger partial charge in [0.25, 0.3) is 0 Å². The molecule has 0 saturated carbocycles. The molecule has 0 N–H and O–H groups in total. The summed E-state index contributed by atoms with van der Waals surface area (Å²) >= 11 is 0. The fourth-order valence-corrected chi connectivity index (χ4v) is 6.22. The van der Waals surface area contributed by atoms with E-state index in [2.05, 4.69) is 65.5 Å². The number of carbonyl (C=O) groups is 1. The van der Waals surface area contributed by atoms with Gasteiger partial charge in [-0.2, -0.15) is 0 Å². The molecule has 294 valence electrons. The molecule has 0 saturated heterocycles. The normalized spacial score (nSPS) is 11.6. The van der Waals surface area contributed by atoms with Gasteiger partial charge in [-0.05, 0) is 57.8 Å². The van der Waals surface area contributed by atoms with Crippen LogP contribution in [-0.4, -0.2) is 19.2 Å². The number of esters is 1. The Labute approximate surface area is 318 Å². The molecule has 1 rings (SSSR count). The Kier molecular flexibility index (Phi) is 37.2. The van der Waals surface area contributed by atoms with Crippen LogP contribution in [0.15, 0.2) is 60.2 Å². The number of rotatable bonds is 34. The lowest BCUT2D eigenvalue weighted by Gasteiger charge is -2.12. The van der Waals surface area contributed by atoms with Crippen LogP contribution in [-0.2, 0) is 14.3 Å². The quantitative estimate of drug-likeness (QED) is 0.0309. The summed E-state index contributed by atoms with van der Waals surface area (Å²) in [7, 11) is 0. The Bertz CT molecular complexity index is 960. The van der Waals surface area contributed by atoms with Gasteiger partial charge in [-0.3, -0.25) is 4.79 Å². The minimum Gasteiger partial charge on any atom is -0.493 e. The summed E-state index contributed by atoms with van der Waals surface area (Å²) in [5.41, 5.74) is 4.17. The minimum atomic E-state index is -0.0154. The molecule has 0 aliphatic carbocycles. The van der Waals surface area contributed by atoms with Gasteiger partial charge in [0.1, 0.15) is 5.76 Å². The molecule has 1 aromatic carbocycles. The molecule has 0 bridgehead atoms. The van der Waals surface area contributed by atoms with Crippen molar-refractivity contribution in [1.82, 2.24) is 0 Å². The van der Waals surface area contributed by atoms with Crippen molar-refractivity contribution in [3.63, 3.8) is 0 Å². The molecule has 0 spiro atoms. The first-order chi connectivity index (χ1) is 25.0. The largest absolute Gasteiger partial charge is 0.493 e. The molecule has 0 fully saturated rings. The van der Waals surface area contributed by atoms with E-state index in [-0.39, 0.29) is 5.97 Å². The zero-order valence-electron chi connectivity index (χ0n) is 34.7. The van der Waals surface area contributed by atoms with Crippen LogP contribution in [0.2, 0.25) is 0 Å². The second kappa shape index (κ2) is 38.9. The van der Waals surface area contributed by atoms with Crippen LogP contribution in [0.25, 0.3) is 5.76 Å². The average molecular weight is 709 g/mol. The van der Waals surface area contributed by atoms with Gasteiger partial charge >= 0.3 is 5.97 Å². The van der Waals surface area contributed by atoms with Crippen LogP contribution < -0.4 is 0 Å². The molecule has 0 radical (unpaired) electrons. The van der Waals surface area contributed by atoms with Crippen LogP contribution in [0, 0.1) is 0 Å². The average Bonchev–Trinajstić information content (AvgIpc) is 3.14. The standard InChI is InChI=1S/C25H40O.C23H44O2/c1-4-6-8-10-11-14-18-24(17-13-9-7-5-2)21-22-26-23(3)25-19-15-12-16-20-25;1-4-7-10-12-13-16-18-22(17-15-11-8-5-2)20-21-25-23(24)19-14-9-6-3/h12,15-16,18-20H,3-11,13-14,17,21-22H2,1-2H3;18H,4-17,19-21H2,1-3H3/b24-18+;22-18+. The molecular weight excluding hydrogens is 625 g/mol. The van der Waals surface area contributed by atoms with Gasteiger partial charge in [-0.25, -0.2) is 0 Å². The molecule has 1 aromatic rings. The first-order valence-corrected chi connectivity index (χ1v) is 21.9. The van der Waals surface area contributed by atoms with E-state index in [4.69, 9.17) is 9.47 Å². The van der Waals surface area contributed by atoms with E-state index in [1.165, 1.54) is 147 Å². The Morgan fingerprint density at radius 2 is 0.882 bits per heavy atom. The van der Waals surface area contributed by atoms with Crippen molar-refractivity contribution >= 4 is 11.7 Å². The Morgan fingerprint density at radius 3 is 1.35 bits per heavy atom. The summed E-state index contributed by atoms with van der Waals surface area (Å²) in [5.74, 6) is 0.772. The predicted octanol–water partition coefficient (Wildman–Crippen LogP) is 16.1. The zero-order valence-corrected chi connectivity index (χ0v) is 34.7. The second-order valence-corrected chi connectivity index (χ2v) is 14.6. The van der Waals surface area contributed by atoms with Crippen LogP contribution in [0.3, 0.4) is 0 Å². The molecule has 0 atom stereocenters. The smallest absolute Gasteiger partial charge is 0.305 e. The number of hydrogen-bond donors (Lipinski definition) is 0. The maximum absolute atomic E-state index is 11.7. The van der Waals surface area contributed by atoms with Crippen molar-refractivity contribution in [1.29, 1.82) is 0 Å². The highest BCUT2D eigenvalue weighted by atomic mass is 16.5. The Morgan fingerprint density at radius 1 is 0.490 bits per heavy atom. The molecule has 51 heavy (non-hydrogen) atoms. The van der Waals surface area contributed by atoms with Gasteiger partial charge < -0.3 is 9.47 Å². The molecular formula is C48H84O3. The summed E-state index contributed by atoms with van der Waals surface area (Å²) in [5, 5.41) is 0. The third kappa shape index (κ3) is 33.3. The van der Waals surface area contributed by atoms with Gasteiger partial charge in [0.2, 0.25) is 0 Å². The van der Waals surface area contributed by atoms with Crippen molar-refractivity contribution in [3.05, 3.63) is 65.8 Å². The number of carbonyl (C=O) groups excluding carboxylic acids is 1. The third-order valence-corrected chi connectivity index (χ3v) is 9.65. The number of allylic oxidation sites excluding steroid dienone is 2. The van der Waals surface area contributed by atoms with Gasteiger partial charge in [-0.1, -0.05) is 198 Å². The molecule has 0 aliphatic rings. The highest BCUT2D eigenvalue weighted by molar-refractivity contribution is 5.69. The van der Waals surface area contributed by atoms with E-state index < -0.39 is 0 Å². The summed E-state index contributed by atoms with van der Waals surface area (Å²) in [4.78, 5) is 11.7. The summed E-state index contributed by atoms with van der Waals surface area (Å²) in [6.07, 6.45) is 39.5. The SMILES string of the molecule is C=C(OCC/C(=C/CCCCCCC)CCCCCC)c1ccccc1.CCCCCCC/C=C(\CCCCCC)CCOC(=O)CCCCC. The zero-order chi connectivity index (χ0) is 37.5. The van der Waals surface area contributed by atoms with Crippen molar-refractivity contribution in [2.45, 2.75) is 214 Å². The van der Waals surface area contributed by atoms with Gasteiger partial charge in [0.05, 0.1) is 13.2 Å². The lowest BCUT2D eigenvalue weighted by atomic mass is 10.0. The Hall–Kier alpha value is -2.29. The van der Waals surface area contributed by atoms with E-state index in [0.717, 1.165) is 50.0 Å². The number of hydrogen-bond acceptors (Lipinski definition) is 3. The molecule has 3 nitrogen and oxygen atoms in total. The topological polar surface area (TPSA) is 35.5 Å². The predicted molar refractivity (Wildman–Crippen MR) is 226 cm³/mol. The first kappa shape index (κ1) is 48.7. The summed E-state index contributed by atoms with van der Waals surface area (Å²) in [6.45, 7) is 16.6. The van der Waals surface area contributed by atoms with E-state index in [9.17, 15) is 4.79 Å². The maximum Gasteiger partial charge on any atom is 0.305 e. The van der Waals surface area contributed by atoms with Crippen molar-refractivity contribution in [2.75, 3.05) is 13.2 Å². The van der Waals surface area contributed by atoms with Crippen LogP contribution in [0.4, 0.5) is 0 Å². The summed E-state index contributed by atoms with van der Waals surface area (Å²) in [6, 6.07) is 10.2. The van der Waals surface area contributed by atoms with Crippen LogP contribution >= 0.6 is 0 Å². The number of benzene rings is 1. The lowest BCUT2D eigenvalue weighted by molar-refractivity contribution is -0.143. The van der Waals surface area contributed by atoms with Gasteiger partial charge in [0, 0.05) is 24.8 Å². The van der Waals surface area contributed by atoms with Crippen LogP contribution in [0.5, 0.6) is 0 Å². The van der Waals surface area contributed by atoms with E-state index in [1.54, 1.807) is 5.57 Å². The van der Waals surface area contributed by atoms with Crippen LogP contribution in [0.1, 0.15) is 220 Å². The summed E-state index contributed by atoms with van der Waals surface area (Å²) < 4.78 is 11.3. The van der Waals surface area contributed by atoms with E-state index in [1.807, 2.05) is 18.2 Å². The Balaban J connectivity index is 0.000000982. The monoisotopic (exact) mass is 709 g/mol. The highest BCUT2D eigenvalue weighted by Crippen LogP contribution is 2.20. The number of unbranched alkanes of at least 4 members (excludes halogenated alkanes) is 18. The minimum absolute atomic E-state index is 0.0154. The maximum atomic E-state index is 11.7. The van der Waals surface area contributed by atoms with Gasteiger partial charge in [0.15, 0.2) is 0 Å². The molecule has 0 aliphatic heterocycles. The van der Waals surface area contributed by atoms with E-state index >= 15 is 0 Å². The third-order valence-electron chi connectivity index (χ3n) is 9.65. The second-order valence-electron chi connectivity index (χ2n) is 14.6. The number of ether oxygens (including phenoxy) is 2. The molecule has 0 heterocycles. The first-order valence-electron chi connectivity index (χ1n) is 21.9. The molecule has 0 aromatic heterocycles. The van der Waals surface area contributed by atoms with E-state index in [0.29, 0.717) is 13.0 Å². The molecule has 0 amide bonds. The molecule has 0 unspecified atom stereocenters. The van der Waals surface area contributed by atoms with Gasteiger partial charge in [-0.15, -0.1) is 0 Å². The molecule has 3 heteroatoms. The highest BCUT2D eigenvalue weighted by Gasteiger charge is 2.05.